The standard InChI is InChI=1S/C15H16N2O3S/c1-19-13-4-3-10(7-14(13)20-2)12(18)8-11-9-17-5-6-21-15(17)16-11/h3-7,9,12,18H,8H2,1-2H3. The Labute approximate surface area is 126 Å². The van der Waals surface area contributed by atoms with Gasteiger partial charge in [0, 0.05) is 24.2 Å². The highest BCUT2D eigenvalue weighted by Crippen LogP contribution is 2.31. The van der Waals surface area contributed by atoms with E-state index in [0.717, 1.165) is 16.2 Å². The molecule has 0 saturated heterocycles. The van der Waals surface area contributed by atoms with Crippen LogP contribution >= 0.6 is 11.3 Å². The lowest BCUT2D eigenvalue weighted by Gasteiger charge is -2.13. The fourth-order valence-electron chi connectivity index (χ4n) is 2.25. The van der Waals surface area contributed by atoms with Gasteiger partial charge < -0.3 is 14.6 Å². The van der Waals surface area contributed by atoms with Crippen LogP contribution in [-0.4, -0.2) is 28.7 Å². The van der Waals surface area contributed by atoms with Crippen molar-refractivity contribution in [2.75, 3.05) is 14.2 Å². The molecule has 0 aliphatic heterocycles. The van der Waals surface area contributed by atoms with E-state index in [1.54, 1.807) is 37.7 Å². The van der Waals surface area contributed by atoms with Crippen LogP contribution in [0.4, 0.5) is 0 Å². The number of benzene rings is 1. The van der Waals surface area contributed by atoms with E-state index in [-0.39, 0.29) is 0 Å². The zero-order chi connectivity index (χ0) is 14.8. The molecule has 6 heteroatoms. The van der Waals surface area contributed by atoms with Gasteiger partial charge in [-0.05, 0) is 17.7 Å². The number of ether oxygens (including phenoxy) is 2. The molecule has 1 N–H and O–H groups in total. The van der Waals surface area contributed by atoms with E-state index in [1.165, 1.54) is 0 Å². The summed E-state index contributed by atoms with van der Waals surface area (Å²) in [5, 5.41) is 12.4. The fourth-order valence-corrected chi connectivity index (χ4v) is 2.97. The van der Waals surface area contributed by atoms with Crippen LogP contribution in [-0.2, 0) is 6.42 Å². The van der Waals surface area contributed by atoms with Crippen LogP contribution in [0.15, 0.2) is 36.0 Å². The Bertz CT molecular complexity index is 722. The van der Waals surface area contributed by atoms with Gasteiger partial charge in [-0.25, -0.2) is 4.98 Å². The number of hydrogen-bond acceptors (Lipinski definition) is 5. The minimum atomic E-state index is -0.630. The number of aromatic nitrogens is 2. The van der Waals surface area contributed by atoms with Crippen LogP contribution in [0, 0.1) is 0 Å². The second-order valence-electron chi connectivity index (χ2n) is 4.66. The van der Waals surface area contributed by atoms with Gasteiger partial charge in [-0.2, -0.15) is 0 Å². The first-order valence-electron chi connectivity index (χ1n) is 6.52. The molecule has 2 aromatic heterocycles. The van der Waals surface area contributed by atoms with Gasteiger partial charge in [-0.1, -0.05) is 6.07 Å². The summed E-state index contributed by atoms with van der Waals surface area (Å²) < 4.78 is 12.4. The predicted octanol–water partition coefficient (Wildman–Crippen LogP) is 2.69. The first-order valence-corrected chi connectivity index (χ1v) is 7.40. The number of fused-ring (bicyclic) bond motifs is 1. The normalized spacial score (nSPS) is 12.5. The molecule has 0 fully saturated rings. The third-order valence-corrected chi connectivity index (χ3v) is 4.11. The van der Waals surface area contributed by atoms with Gasteiger partial charge in [0.1, 0.15) is 0 Å². The summed E-state index contributed by atoms with van der Waals surface area (Å²) >= 11 is 1.58. The van der Waals surface area contributed by atoms with E-state index >= 15 is 0 Å². The van der Waals surface area contributed by atoms with E-state index in [2.05, 4.69) is 4.98 Å². The van der Waals surface area contributed by atoms with Crippen molar-refractivity contribution in [3.63, 3.8) is 0 Å². The second-order valence-corrected chi connectivity index (χ2v) is 5.53. The van der Waals surface area contributed by atoms with Crippen molar-refractivity contribution in [1.82, 2.24) is 9.38 Å². The monoisotopic (exact) mass is 304 g/mol. The molecule has 0 spiro atoms. The van der Waals surface area contributed by atoms with Gasteiger partial charge in [0.25, 0.3) is 0 Å². The SMILES string of the molecule is COc1ccc(C(O)Cc2cn3ccsc3n2)cc1OC. The lowest BCUT2D eigenvalue weighted by atomic mass is 10.0. The van der Waals surface area contributed by atoms with Gasteiger partial charge in [-0.3, -0.25) is 4.40 Å². The van der Waals surface area contributed by atoms with Crippen molar-refractivity contribution in [1.29, 1.82) is 0 Å². The zero-order valence-electron chi connectivity index (χ0n) is 11.8. The van der Waals surface area contributed by atoms with Gasteiger partial charge in [-0.15, -0.1) is 11.3 Å². The first-order chi connectivity index (χ1) is 10.2. The first kappa shape index (κ1) is 13.9. The highest BCUT2D eigenvalue weighted by molar-refractivity contribution is 7.15. The Kier molecular flexibility index (Phi) is 3.81. The summed E-state index contributed by atoms with van der Waals surface area (Å²) in [6.07, 6.45) is 3.73. The Morgan fingerprint density at radius 2 is 2.10 bits per heavy atom. The van der Waals surface area contributed by atoms with E-state index in [1.807, 2.05) is 28.2 Å². The lowest BCUT2D eigenvalue weighted by molar-refractivity contribution is 0.177. The molecular weight excluding hydrogens is 288 g/mol. The van der Waals surface area contributed by atoms with Gasteiger partial charge in [0.05, 0.1) is 26.0 Å². The van der Waals surface area contributed by atoms with Crippen molar-refractivity contribution >= 4 is 16.3 Å². The number of imidazole rings is 1. The van der Waals surface area contributed by atoms with Gasteiger partial charge >= 0.3 is 0 Å². The highest BCUT2D eigenvalue weighted by Gasteiger charge is 2.14. The Morgan fingerprint density at radius 3 is 2.81 bits per heavy atom. The fraction of sp³-hybridized carbons (Fsp3) is 0.267. The molecule has 0 radical (unpaired) electrons. The molecule has 1 unspecified atom stereocenters. The third kappa shape index (κ3) is 2.72. The second kappa shape index (κ2) is 5.75. The van der Waals surface area contributed by atoms with E-state index < -0.39 is 6.10 Å². The Morgan fingerprint density at radius 1 is 1.29 bits per heavy atom. The zero-order valence-corrected chi connectivity index (χ0v) is 12.6. The van der Waals surface area contributed by atoms with Crippen LogP contribution in [0.2, 0.25) is 0 Å². The molecule has 0 saturated carbocycles. The van der Waals surface area contributed by atoms with Crippen LogP contribution in [0.1, 0.15) is 17.4 Å². The van der Waals surface area contributed by atoms with Crippen molar-refractivity contribution in [2.24, 2.45) is 0 Å². The van der Waals surface area contributed by atoms with Crippen molar-refractivity contribution < 1.29 is 14.6 Å². The van der Waals surface area contributed by atoms with Crippen LogP contribution in [0.25, 0.3) is 4.96 Å². The average Bonchev–Trinajstić information content (AvgIpc) is 3.07. The molecule has 3 aromatic rings. The van der Waals surface area contributed by atoms with Crippen molar-refractivity contribution in [3.8, 4) is 11.5 Å². The molecule has 0 bridgehead atoms. The molecule has 1 atom stereocenters. The van der Waals surface area contributed by atoms with Crippen molar-refractivity contribution in [3.05, 3.63) is 47.2 Å². The summed E-state index contributed by atoms with van der Waals surface area (Å²) in [5.74, 6) is 1.26. The molecule has 110 valence electrons. The number of aliphatic hydroxyl groups excluding tert-OH is 1. The summed E-state index contributed by atoms with van der Waals surface area (Å²) in [6.45, 7) is 0. The maximum atomic E-state index is 10.4. The number of nitrogens with zero attached hydrogens (tertiary/aromatic N) is 2. The topological polar surface area (TPSA) is 56.0 Å². The molecule has 2 heterocycles. The molecular formula is C15H16N2O3S. The lowest BCUT2D eigenvalue weighted by Crippen LogP contribution is -2.03. The number of hydrogen-bond donors (Lipinski definition) is 1. The molecule has 1 aromatic carbocycles. The smallest absolute Gasteiger partial charge is 0.193 e. The number of thiazole rings is 1. The molecule has 0 aliphatic carbocycles. The minimum Gasteiger partial charge on any atom is -0.493 e. The van der Waals surface area contributed by atoms with Crippen LogP contribution in [0.3, 0.4) is 0 Å². The summed E-state index contributed by atoms with van der Waals surface area (Å²) in [7, 11) is 3.17. The number of methoxy groups -OCH3 is 2. The minimum absolute atomic E-state index is 0.462. The van der Waals surface area contributed by atoms with Crippen LogP contribution in [0.5, 0.6) is 11.5 Å². The average molecular weight is 304 g/mol. The number of rotatable bonds is 5. The van der Waals surface area contributed by atoms with Crippen LogP contribution < -0.4 is 9.47 Å². The van der Waals surface area contributed by atoms with E-state index in [9.17, 15) is 5.11 Å². The van der Waals surface area contributed by atoms with E-state index in [4.69, 9.17) is 9.47 Å². The van der Waals surface area contributed by atoms with E-state index in [0.29, 0.717) is 17.9 Å². The molecule has 5 nitrogen and oxygen atoms in total. The maximum absolute atomic E-state index is 10.4. The number of aliphatic hydroxyl groups is 1. The third-order valence-electron chi connectivity index (χ3n) is 3.34. The summed E-state index contributed by atoms with van der Waals surface area (Å²) in [4.78, 5) is 5.41. The highest BCUT2D eigenvalue weighted by atomic mass is 32.1. The maximum Gasteiger partial charge on any atom is 0.193 e. The Hall–Kier alpha value is -2.05. The summed E-state index contributed by atoms with van der Waals surface area (Å²) in [5.41, 5.74) is 1.65. The summed E-state index contributed by atoms with van der Waals surface area (Å²) in [6, 6.07) is 5.43. The largest absolute Gasteiger partial charge is 0.493 e. The Balaban J connectivity index is 1.81. The van der Waals surface area contributed by atoms with Gasteiger partial charge in [0.15, 0.2) is 16.5 Å². The predicted molar refractivity (Wildman–Crippen MR) is 81.3 cm³/mol. The quantitative estimate of drug-likeness (QED) is 0.787. The molecule has 0 amide bonds. The molecule has 0 aliphatic rings. The van der Waals surface area contributed by atoms with Crippen molar-refractivity contribution in [2.45, 2.75) is 12.5 Å². The molecule has 3 rings (SSSR count). The van der Waals surface area contributed by atoms with Gasteiger partial charge in [0.2, 0.25) is 0 Å². The molecule has 21 heavy (non-hydrogen) atoms.